The van der Waals surface area contributed by atoms with Crippen molar-refractivity contribution in [1.29, 1.82) is 0 Å². The number of carbonyl (C=O) groups excluding carboxylic acids is 1. The monoisotopic (exact) mass is 277 g/mol. The van der Waals surface area contributed by atoms with Crippen LogP contribution in [0, 0.1) is 0 Å². The van der Waals surface area contributed by atoms with Crippen LogP contribution in [0.3, 0.4) is 0 Å². The van der Waals surface area contributed by atoms with E-state index in [1.54, 1.807) is 0 Å². The van der Waals surface area contributed by atoms with Crippen molar-refractivity contribution < 1.29 is 9.53 Å². The summed E-state index contributed by atoms with van der Waals surface area (Å²) >= 11 is 6.29. The van der Waals surface area contributed by atoms with Crippen LogP contribution in [0.4, 0.5) is 0 Å². The molecule has 2 rings (SSSR count). The van der Waals surface area contributed by atoms with Crippen LogP contribution >= 0.6 is 11.6 Å². The normalized spacial score (nSPS) is 11.0. The molecule has 0 unspecified atom stereocenters. The number of carbonyl (C=O) groups is 1. The SMILES string of the molecule is COC(=O)Cc1ccc2nc(C(C)C)cc(Cl)c2c1. The Morgan fingerprint density at radius 1 is 1.37 bits per heavy atom. The summed E-state index contributed by atoms with van der Waals surface area (Å²) in [7, 11) is 1.38. The maximum atomic E-state index is 11.3. The van der Waals surface area contributed by atoms with E-state index >= 15 is 0 Å². The molecule has 0 N–H and O–H groups in total. The molecule has 0 amide bonds. The highest BCUT2D eigenvalue weighted by Crippen LogP contribution is 2.27. The number of benzene rings is 1. The molecule has 19 heavy (non-hydrogen) atoms. The highest BCUT2D eigenvalue weighted by Gasteiger charge is 2.09. The number of nitrogens with zero attached hydrogens (tertiary/aromatic N) is 1. The zero-order valence-corrected chi connectivity index (χ0v) is 12.0. The average Bonchev–Trinajstić information content (AvgIpc) is 2.39. The molecule has 0 radical (unpaired) electrons. The van der Waals surface area contributed by atoms with Crippen molar-refractivity contribution in [2.45, 2.75) is 26.2 Å². The molecule has 3 nitrogen and oxygen atoms in total. The maximum absolute atomic E-state index is 11.3. The Morgan fingerprint density at radius 2 is 2.11 bits per heavy atom. The first-order valence-electron chi connectivity index (χ1n) is 6.17. The molecule has 0 spiro atoms. The van der Waals surface area contributed by atoms with E-state index in [2.05, 4.69) is 23.6 Å². The van der Waals surface area contributed by atoms with Gasteiger partial charge in [-0.15, -0.1) is 0 Å². The van der Waals surface area contributed by atoms with Gasteiger partial charge >= 0.3 is 5.97 Å². The topological polar surface area (TPSA) is 39.2 Å². The summed E-state index contributed by atoms with van der Waals surface area (Å²) in [5.41, 5.74) is 2.70. The van der Waals surface area contributed by atoms with Gasteiger partial charge in [0.15, 0.2) is 0 Å². The van der Waals surface area contributed by atoms with Gasteiger partial charge in [-0.2, -0.15) is 0 Å². The quantitative estimate of drug-likeness (QED) is 0.803. The Labute approximate surface area is 117 Å². The predicted octanol–water partition coefficient (Wildman–Crippen LogP) is 3.73. The molecule has 1 heterocycles. The molecule has 0 saturated carbocycles. The Bertz CT molecular complexity index is 623. The van der Waals surface area contributed by atoms with E-state index in [0.29, 0.717) is 10.9 Å². The van der Waals surface area contributed by atoms with Crippen LogP contribution in [0.1, 0.15) is 31.0 Å². The summed E-state index contributed by atoms with van der Waals surface area (Å²) in [6.45, 7) is 4.16. The van der Waals surface area contributed by atoms with Crippen LogP contribution in [0.15, 0.2) is 24.3 Å². The van der Waals surface area contributed by atoms with Gasteiger partial charge in [0, 0.05) is 11.1 Å². The summed E-state index contributed by atoms with van der Waals surface area (Å²) in [4.78, 5) is 15.9. The molecule has 2 aromatic rings. The average molecular weight is 278 g/mol. The lowest BCUT2D eigenvalue weighted by atomic mass is 10.1. The molecule has 4 heteroatoms. The fraction of sp³-hybridized carbons (Fsp3) is 0.333. The van der Waals surface area contributed by atoms with Crippen LogP contribution in [-0.2, 0) is 16.0 Å². The highest BCUT2D eigenvalue weighted by atomic mass is 35.5. The first kappa shape index (κ1) is 13.8. The van der Waals surface area contributed by atoms with Gasteiger partial charge in [-0.3, -0.25) is 9.78 Å². The lowest BCUT2D eigenvalue weighted by Crippen LogP contribution is -2.04. The zero-order valence-electron chi connectivity index (χ0n) is 11.2. The van der Waals surface area contributed by atoms with Gasteiger partial charge in [0.25, 0.3) is 0 Å². The smallest absolute Gasteiger partial charge is 0.309 e. The first-order chi connectivity index (χ1) is 9.01. The Morgan fingerprint density at radius 3 is 2.74 bits per heavy atom. The lowest BCUT2D eigenvalue weighted by Gasteiger charge is -2.09. The number of aromatic nitrogens is 1. The number of esters is 1. The molecule has 0 aliphatic rings. The van der Waals surface area contributed by atoms with Crippen LogP contribution in [0.25, 0.3) is 10.9 Å². The Hall–Kier alpha value is -1.61. The number of pyridine rings is 1. The largest absolute Gasteiger partial charge is 0.469 e. The van der Waals surface area contributed by atoms with Crippen molar-refractivity contribution >= 4 is 28.5 Å². The molecule has 100 valence electrons. The number of fused-ring (bicyclic) bond motifs is 1. The summed E-state index contributed by atoms with van der Waals surface area (Å²) < 4.78 is 4.66. The second kappa shape index (κ2) is 5.57. The van der Waals surface area contributed by atoms with E-state index < -0.39 is 0 Å². The number of hydrogen-bond donors (Lipinski definition) is 0. The molecule has 0 atom stereocenters. The van der Waals surface area contributed by atoms with Gasteiger partial charge in [-0.1, -0.05) is 31.5 Å². The summed E-state index contributed by atoms with van der Waals surface area (Å²) in [5.74, 6) is 0.0684. The van der Waals surface area contributed by atoms with Crippen molar-refractivity contribution in [1.82, 2.24) is 4.98 Å². The minimum absolute atomic E-state index is 0.245. The fourth-order valence-electron chi connectivity index (χ4n) is 1.90. The highest BCUT2D eigenvalue weighted by molar-refractivity contribution is 6.35. The van der Waals surface area contributed by atoms with Crippen LogP contribution < -0.4 is 0 Å². The number of halogens is 1. The van der Waals surface area contributed by atoms with Crippen molar-refractivity contribution in [3.8, 4) is 0 Å². The number of hydrogen-bond acceptors (Lipinski definition) is 3. The molecule has 0 aliphatic carbocycles. The van der Waals surface area contributed by atoms with E-state index in [9.17, 15) is 4.79 Å². The number of methoxy groups -OCH3 is 1. The van der Waals surface area contributed by atoms with E-state index in [-0.39, 0.29) is 12.4 Å². The van der Waals surface area contributed by atoms with Crippen molar-refractivity contribution in [3.63, 3.8) is 0 Å². The Kier molecular flexibility index (Phi) is 4.05. The van der Waals surface area contributed by atoms with E-state index in [0.717, 1.165) is 22.2 Å². The zero-order chi connectivity index (χ0) is 14.0. The summed E-state index contributed by atoms with van der Waals surface area (Å²) in [6, 6.07) is 7.56. The molecule has 1 aromatic heterocycles. The molecular formula is C15H16ClNO2. The van der Waals surface area contributed by atoms with Crippen LogP contribution in [-0.4, -0.2) is 18.1 Å². The molecule has 0 bridgehead atoms. The molecule has 1 aromatic carbocycles. The third-order valence-electron chi connectivity index (χ3n) is 3.01. The first-order valence-corrected chi connectivity index (χ1v) is 6.55. The number of rotatable bonds is 3. The van der Waals surface area contributed by atoms with Gasteiger partial charge in [0.1, 0.15) is 0 Å². The third kappa shape index (κ3) is 3.04. The fourth-order valence-corrected chi connectivity index (χ4v) is 2.16. The van der Waals surface area contributed by atoms with Gasteiger partial charge in [-0.25, -0.2) is 0 Å². The maximum Gasteiger partial charge on any atom is 0.309 e. The minimum Gasteiger partial charge on any atom is -0.469 e. The van der Waals surface area contributed by atoms with Crippen LogP contribution in [0.2, 0.25) is 5.02 Å². The lowest BCUT2D eigenvalue weighted by molar-refractivity contribution is -0.139. The van der Waals surface area contributed by atoms with Crippen molar-refractivity contribution in [3.05, 3.63) is 40.5 Å². The number of ether oxygens (including phenoxy) is 1. The summed E-state index contributed by atoms with van der Waals surface area (Å²) in [5, 5.41) is 1.54. The molecular weight excluding hydrogens is 262 g/mol. The van der Waals surface area contributed by atoms with Crippen molar-refractivity contribution in [2.24, 2.45) is 0 Å². The second-order valence-electron chi connectivity index (χ2n) is 4.79. The molecule has 0 fully saturated rings. The standard InChI is InChI=1S/C15H16ClNO2/c1-9(2)14-8-12(16)11-6-10(7-15(18)19-3)4-5-13(11)17-14/h4-6,8-9H,7H2,1-3H3. The third-order valence-corrected chi connectivity index (χ3v) is 3.32. The van der Waals surface area contributed by atoms with E-state index in [4.69, 9.17) is 11.6 Å². The van der Waals surface area contributed by atoms with Gasteiger partial charge in [0.05, 0.1) is 24.1 Å². The van der Waals surface area contributed by atoms with Crippen LogP contribution in [0.5, 0.6) is 0 Å². The van der Waals surface area contributed by atoms with Gasteiger partial charge in [-0.05, 0) is 29.7 Å². The Balaban J connectivity index is 2.46. The van der Waals surface area contributed by atoms with Gasteiger partial charge in [0.2, 0.25) is 0 Å². The molecule has 0 saturated heterocycles. The summed E-state index contributed by atoms with van der Waals surface area (Å²) in [6.07, 6.45) is 0.245. The second-order valence-corrected chi connectivity index (χ2v) is 5.20. The van der Waals surface area contributed by atoms with E-state index in [1.807, 2.05) is 24.3 Å². The van der Waals surface area contributed by atoms with Crippen molar-refractivity contribution in [2.75, 3.05) is 7.11 Å². The van der Waals surface area contributed by atoms with E-state index in [1.165, 1.54) is 7.11 Å². The minimum atomic E-state index is -0.262. The predicted molar refractivity (Wildman–Crippen MR) is 76.6 cm³/mol. The van der Waals surface area contributed by atoms with Gasteiger partial charge < -0.3 is 4.74 Å². The molecule has 0 aliphatic heterocycles.